The molecule has 0 atom stereocenters. The minimum atomic E-state index is -0.130. The number of amides is 2. The van der Waals surface area contributed by atoms with Crippen LogP contribution in [0.4, 0.5) is 10.6 Å². The number of carbonyl (C=O) groups excluding carboxylic acids is 1. The first kappa shape index (κ1) is 17.8. The van der Waals surface area contributed by atoms with Gasteiger partial charge < -0.3 is 4.90 Å². The Hall–Kier alpha value is -3.27. The van der Waals surface area contributed by atoms with Crippen molar-refractivity contribution in [2.75, 3.05) is 18.4 Å². The van der Waals surface area contributed by atoms with Crippen LogP contribution in [0.2, 0.25) is 0 Å². The van der Waals surface area contributed by atoms with E-state index in [9.17, 15) is 4.79 Å². The van der Waals surface area contributed by atoms with E-state index in [1.807, 2.05) is 29.5 Å². The van der Waals surface area contributed by atoms with Gasteiger partial charge >= 0.3 is 6.03 Å². The van der Waals surface area contributed by atoms with Gasteiger partial charge in [-0.25, -0.2) is 14.5 Å². The lowest BCUT2D eigenvalue weighted by atomic mass is 9.96. The van der Waals surface area contributed by atoms with Gasteiger partial charge in [-0.15, -0.1) is 26.6 Å². The number of hydrogen-bond acceptors (Lipinski definition) is 6. The normalized spacial score (nSPS) is 15.1. The SMILES string of the molecule is Cc1ccn2c(C3CCN(C(=O)Nc4ccn(-c5nccs5)n4)CC3)nnc2c1. The van der Waals surface area contributed by atoms with E-state index in [4.69, 9.17) is 0 Å². The molecule has 4 aromatic heterocycles. The van der Waals surface area contributed by atoms with Crippen LogP contribution >= 0.6 is 11.3 Å². The molecule has 0 spiro atoms. The molecule has 0 radical (unpaired) electrons. The van der Waals surface area contributed by atoms with Gasteiger partial charge in [-0.1, -0.05) is 0 Å². The van der Waals surface area contributed by atoms with E-state index in [2.05, 4.69) is 36.1 Å². The molecule has 2 amide bonds. The summed E-state index contributed by atoms with van der Waals surface area (Å²) >= 11 is 1.49. The number of carbonyl (C=O) groups is 1. The van der Waals surface area contributed by atoms with Crippen LogP contribution in [0, 0.1) is 6.92 Å². The highest BCUT2D eigenvalue weighted by molar-refractivity contribution is 7.12. The number of fused-ring (bicyclic) bond motifs is 1. The van der Waals surface area contributed by atoms with E-state index >= 15 is 0 Å². The molecule has 10 heteroatoms. The van der Waals surface area contributed by atoms with Crippen molar-refractivity contribution < 1.29 is 4.79 Å². The molecule has 9 nitrogen and oxygen atoms in total. The smallest absolute Gasteiger partial charge is 0.323 e. The third-order valence-electron chi connectivity index (χ3n) is 5.18. The molecule has 0 aromatic carbocycles. The van der Waals surface area contributed by atoms with Gasteiger partial charge in [0.05, 0.1) is 0 Å². The molecular weight excluding hydrogens is 388 g/mol. The number of nitrogens with one attached hydrogen (secondary N) is 1. The monoisotopic (exact) mass is 408 g/mol. The van der Waals surface area contributed by atoms with Crippen molar-refractivity contribution in [1.29, 1.82) is 0 Å². The lowest BCUT2D eigenvalue weighted by Crippen LogP contribution is -2.40. The van der Waals surface area contributed by atoms with Crippen LogP contribution in [0.1, 0.15) is 30.1 Å². The standard InChI is InChI=1S/C19H20N8OS/c1-13-2-9-26-16(12-13)22-23-17(26)14-3-7-25(8-4-14)18(28)21-15-5-10-27(24-15)19-20-6-11-29-19/h2,5-6,9-12,14H,3-4,7-8H2,1H3,(H,21,24,28). The number of likely N-dealkylation sites (tertiary alicyclic amines) is 1. The molecule has 1 aliphatic heterocycles. The molecule has 29 heavy (non-hydrogen) atoms. The van der Waals surface area contributed by atoms with Gasteiger partial charge in [0.2, 0.25) is 5.13 Å². The average Bonchev–Trinajstić information content (AvgIpc) is 3.48. The second-order valence-corrected chi connectivity index (χ2v) is 8.02. The van der Waals surface area contributed by atoms with E-state index < -0.39 is 0 Å². The maximum atomic E-state index is 12.6. The molecule has 0 saturated carbocycles. The number of piperidine rings is 1. The Morgan fingerprint density at radius 3 is 2.86 bits per heavy atom. The molecule has 1 N–H and O–H groups in total. The fraction of sp³-hybridized carbons (Fsp3) is 0.316. The summed E-state index contributed by atoms with van der Waals surface area (Å²) in [4.78, 5) is 18.7. The van der Waals surface area contributed by atoms with Crippen molar-refractivity contribution >= 4 is 28.8 Å². The summed E-state index contributed by atoms with van der Waals surface area (Å²) < 4.78 is 3.71. The highest BCUT2D eigenvalue weighted by Crippen LogP contribution is 2.27. The van der Waals surface area contributed by atoms with Gasteiger partial charge in [-0.3, -0.25) is 9.72 Å². The maximum Gasteiger partial charge on any atom is 0.323 e. The fourth-order valence-electron chi connectivity index (χ4n) is 3.65. The number of aryl methyl sites for hydroxylation is 1. The maximum absolute atomic E-state index is 12.6. The summed E-state index contributed by atoms with van der Waals surface area (Å²) in [6.45, 7) is 3.39. The first-order valence-electron chi connectivity index (χ1n) is 9.50. The number of anilines is 1. The van der Waals surface area contributed by atoms with Crippen molar-refractivity contribution in [2.45, 2.75) is 25.7 Å². The Morgan fingerprint density at radius 1 is 1.21 bits per heavy atom. The van der Waals surface area contributed by atoms with Crippen molar-refractivity contribution in [1.82, 2.24) is 34.3 Å². The third-order valence-corrected chi connectivity index (χ3v) is 5.94. The van der Waals surface area contributed by atoms with Crippen LogP contribution in [-0.4, -0.2) is 53.4 Å². The molecule has 0 unspecified atom stereocenters. The van der Waals surface area contributed by atoms with E-state index in [-0.39, 0.29) is 6.03 Å². The molecule has 4 aromatic rings. The number of rotatable bonds is 3. The summed E-state index contributed by atoms with van der Waals surface area (Å²) in [5.41, 5.74) is 2.04. The van der Waals surface area contributed by atoms with Crippen LogP contribution in [-0.2, 0) is 0 Å². The number of urea groups is 1. The zero-order chi connectivity index (χ0) is 19.8. The van der Waals surface area contributed by atoms with Crippen molar-refractivity contribution in [3.63, 3.8) is 0 Å². The summed E-state index contributed by atoms with van der Waals surface area (Å²) in [6, 6.07) is 5.74. The zero-order valence-electron chi connectivity index (χ0n) is 15.9. The molecule has 148 valence electrons. The Morgan fingerprint density at radius 2 is 2.07 bits per heavy atom. The fourth-order valence-corrected chi connectivity index (χ4v) is 4.22. The molecule has 5 heterocycles. The van der Waals surface area contributed by atoms with Crippen molar-refractivity contribution in [2.24, 2.45) is 0 Å². The molecular formula is C19H20N8OS. The van der Waals surface area contributed by atoms with Crippen LogP contribution in [0.25, 0.3) is 10.8 Å². The van der Waals surface area contributed by atoms with Gasteiger partial charge in [0.1, 0.15) is 5.82 Å². The molecule has 0 bridgehead atoms. The topological polar surface area (TPSA) is 93.2 Å². The van der Waals surface area contributed by atoms with E-state index in [0.717, 1.165) is 29.4 Å². The van der Waals surface area contributed by atoms with Crippen molar-refractivity contribution in [3.8, 4) is 5.13 Å². The Balaban J connectivity index is 1.22. The number of pyridine rings is 1. The zero-order valence-corrected chi connectivity index (χ0v) is 16.7. The molecule has 1 aliphatic rings. The Bertz CT molecular complexity index is 1140. The predicted molar refractivity (Wildman–Crippen MR) is 110 cm³/mol. The minimum Gasteiger partial charge on any atom is -0.324 e. The van der Waals surface area contributed by atoms with E-state index in [1.165, 1.54) is 16.9 Å². The highest BCUT2D eigenvalue weighted by Gasteiger charge is 2.27. The predicted octanol–water partition coefficient (Wildman–Crippen LogP) is 3.09. The molecule has 1 fully saturated rings. The van der Waals surface area contributed by atoms with Crippen LogP contribution in [0.5, 0.6) is 0 Å². The summed E-state index contributed by atoms with van der Waals surface area (Å²) in [5.74, 6) is 1.79. The van der Waals surface area contributed by atoms with Crippen LogP contribution < -0.4 is 5.32 Å². The van der Waals surface area contributed by atoms with Gasteiger partial charge in [-0.2, -0.15) is 0 Å². The highest BCUT2D eigenvalue weighted by atomic mass is 32.1. The Kier molecular flexibility index (Phi) is 4.47. The first-order valence-corrected chi connectivity index (χ1v) is 10.4. The summed E-state index contributed by atoms with van der Waals surface area (Å²) in [6.07, 6.45) is 7.26. The first-order chi connectivity index (χ1) is 14.2. The number of nitrogens with zero attached hydrogens (tertiary/aromatic N) is 7. The van der Waals surface area contributed by atoms with Crippen LogP contribution in [0.3, 0.4) is 0 Å². The average molecular weight is 408 g/mol. The van der Waals surface area contributed by atoms with Gasteiger partial charge in [0.15, 0.2) is 11.5 Å². The number of hydrogen-bond donors (Lipinski definition) is 1. The largest absolute Gasteiger partial charge is 0.324 e. The lowest BCUT2D eigenvalue weighted by molar-refractivity contribution is 0.193. The van der Waals surface area contributed by atoms with Crippen molar-refractivity contribution in [3.05, 3.63) is 53.6 Å². The third kappa shape index (κ3) is 3.46. The lowest BCUT2D eigenvalue weighted by Gasteiger charge is -2.31. The Labute approximate surface area is 171 Å². The van der Waals surface area contributed by atoms with Crippen LogP contribution in [0.15, 0.2) is 42.2 Å². The second-order valence-electron chi connectivity index (χ2n) is 7.14. The number of aromatic nitrogens is 6. The molecule has 1 saturated heterocycles. The van der Waals surface area contributed by atoms with Gasteiger partial charge in [-0.05, 0) is 37.5 Å². The van der Waals surface area contributed by atoms with E-state index in [1.54, 1.807) is 23.1 Å². The molecule has 0 aliphatic carbocycles. The second kappa shape index (κ2) is 7.28. The van der Waals surface area contributed by atoms with Gasteiger partial charge in [0, 0.05) is 49.0 Å². The van der Waals surface area contributed by atoms with Gasteiger partial charge in [0.25, 0.3) is 0 Å². The molecule has 5 rings (SSSR count). The number of thiazole rings is 1. The summed E-state index contributed by atoms with van der Waals surface area (Å²) in [5, 5.41) is 18.6. The van der Waals surface area contributed by atoms with E-state index in [0.29, 0.717) is 24.8 Å². The minimum absolute atomic E-state index is 0.130. The summed E-state index contributed by atoms with van der Waals surface area (Å²) in [7, 11) is 0. The quantitative estimate of drug-likeness (QED) is 0.562.